The maximum absolute atomic E-state index is 13.3. The second-order valence-electron chi connectivity index (χ2n) is 9.20. The highest BCUT2D eigenvalue weighted by Gasteiger charge is 2.30. The smallest absolute Gasteiger partial charge is 0.243 e. The van der Waals surface area contributed by atoms with Crippen molar-refractivity contribution in [2.75, 3.05) is 26.2 Å². The van der Waals surface area contributed by atoms with E-state index in [4.69, 9.17) is 0 Å². The van der Waals surface area contributed by atoms with E-state index in [1.165, 1.54) is 16.4 Å². The van der Waals surface area contributed by atoms with Crippen molar-refractivity contribution in [2.45, 2.75) is 24.8 Å². The lowest BCUT2D eigenvalue weighted by atomic mass is 10.1. The number of fused-ring (bicyclic) bond motifs is 1. The number of sulfonamides is 1. The van der Waals surface area contributed by atoms with E-state index >= 15 is 0 Å². The van der Waals surface area contributed by atoms with Crippen LogP contribution in [0.1, 0.15) is 16.7 Å². The highest BCUT2D eigenvalue weighted by molar-refractivity contribution is 7.89. The first-order valence-corrected chi connectivity index (χ1v) is 13.4. The second kappa shape index (κ2) is 9.87. The lowest BCUT2D eigenvalue weighted by Crippen LogP contribution is -2.50. The van der Waals surface area contributed by atoms with Crippen LogP contribution in [0, 0.1) is 12.7 Å². The molecule has 186 valence electrons. The number of rotatable bonds is 6. The second-order valence-corrected chi connectivity index (χ2v) is 11.1. The molecule has 0 bridgehead atoms. The number of piperazine rings is 1. The molecular weight excluding hydrogens is 477 g/mol. The zero-order valence-electron chi connectivity index (χ0n) is 20.1. The number of aromatic nitrogens is 1. The Morgan fingerprint density at radius 1 is 0.889 bits per heavy atom. The molecule has 1 fully saturated rings. The molecule has 0 atom stereocenters. The number of carbonyl (C=O) groups excluding carboxylic acids is 1. The van der Waals surface area contributed by atoms with Crippen molar-refractivity contribution in [3.63, 3.8) is 0 Å². The van der Waals surface area contributed by atoms with E-state index in [1.807, 2.05) is 37.4 Å². The molecule has 36 heavy (non-hydrogen) atoms. The van der Waals surface area contributed by atoms with Gasteiger partial charge in [-0.05, 0) is 48.4 Å². The molecule has 0 unspecified atom stereocenters. The number of para-hydroxylation sites is 1. The number of nitrogens with zero attached hydrogens (tertiary/aromatic N) is 3. The van der Waals surface area contributed by atoms with Gasteiger partial charge in [-0.15, -0.1) is 0 Å². The molecule has 0 N–H and O–H groups in total. The summed E-state index contributed by atoms with van der Waals surface area (Å²) in [5, 5.41) is 1.01. The summed E-state index contributed by atoms with van der Waals surface area (Å²) in [6, 6.07) is 21.2. The van der Waals surface area contributed by atoms with Crippen LogP contribution in [0.4, 0.5) is 4.39 Å². The molecule has 2 heterocycles. The van der Waals surface area contributed by atoms with E-state index in [-0.39, 0.29) is 36.1 Å². The first-order valence-electron chi connectivity index (χ1n) is 12.0. The Morgan fingerprint density at radius 2 is 1.56 bits per heavy atom. The average molecular weight is 506 g/mol. The lowest BCUT2D eigenvalue weighted by Gasteiger charge is -2.34. The van der Waals surface area contributed by atoms with Gasteiger partial charge in [0, 0.05) is 49.8 Å². The molecule has 5 rings (SSSR count). The first-order chi connectivity index (χ1) is 17.3. The molecular formula is C28H28FN3O3S. The molecule has 0 saturated carbocycles. The molecule has 1 aliphatic heterocycles. The van der Waals surface area contributed by atoms with Gasteiger partial charge in [0.25, 0.3) is 0 Å². The van der Waals surface area contributed by atoms with E-state index in [2.05, 4.69) is 4.57 Å². The van der Waals surface area contributed by atoms with Gasteiger partial charge in [-0.25, -0.2) is 12.8 Å². The Kier molecular flexibility index (Phi) is 6.64. The van der Waals surface area contributed by atoms with Gasteiger partial charge < -0.3 is 9.47 Å². The van der Waals surface area contributed by atoms with Crippen molar-refractivity contribution in [1.29, 1.82) is 0 Å². The number of halogens is 1. The number of benzene rings is 3. The number of aryl methyl sites for hydroxylation is 1. The van der Waals surface area contributed by atoms with Gasteiger partial charge >= 0.3 is 0 Å². The highest BCUT2D eigenvalue weighted by Crippen LogP contribution is 2.24. The molecule has 1 amide bonds. The third kappa shape index (κ3) is 4.92. The van der Waals surface area contributed by atoms with Gasteiger partial charge in [0.05, 0.1) is 11.3 Å². The van der Waals surface area contributed by atoms with Crippen LogP contribution >= 0.6 is 0 Å². The standard InChI is InChI=1S/C28H28FN3O3S/c1-21-6-12-25(13-7-21)36(34,35)32-16-14-30(15-17-32)28(33)18-23-20-31(27-5-3-2-4-26(23)27)19-22-8-10-24(29)11-9-22/h2-13,20H,14-19H2,1H3. The molecule has 0 aliphatic carbocycles. The third-order valence-corrected chi connectivity index (χ3v) is 8.64. The fourth-order valence-electron chi connectivity index (χ4n) is 4.69. The number of hydrogen-bond acceptors (Lipinski definition) is 3. The third-order valence-electron chi connectivity index (χ3n) is 6.73. The summed E-state index contributed by atoms with van der Waals surface area (Å²) in [7, 11) is -3.58. The van der Waals surface area contributed by atoms with Gasteiger partial charge in [0.2, 0.25) is 15.9 Å². The molecule has 4 aromatic rings. The minimum atomic E-state index is -3.58. The van der Waals surface area contributed by atoms with Crippen LogP contribution < -0.4 is 0 Å². The van der Waals surface area contributed by atoms with Gasteiger partial charge in [-0.2, -0.15) is 4.31 Å². The summed E-state index contributed by atoms with van der Waals surface area (Å²) < 4.78 is 42.8. The van der Waals surface area contributed by atoms with Crippen molar-refractivity contribution in [3.8, 4) is 0 Å². The Labute approximate surface area is 210 Å². The Balaban J connectivity index is 1.28. The van der Waals surface area contributed by atoms with Crippen LogP contribution in [0.5, 0.6) is 0 Å². The van der Waals surface area contributed by atoms with Crippen molar-refractivity contribution in [3.05, 3.63) is 102 Å². The van der Waals surface area contributed by atoms with Crippen LogP contribution in [0.2, 0.25) is 0 Å². The Hall–Kier alpha value is -3.49. The molecule has 6 nitrogen and oxygen atoms in total. The van der Waals surface area contributed by atoms with Crippen LogP contribution in [-0.2, 0) is 27.8 Å². The van der Waals surface area contributed by atoms with E-state index in [1.54, 1.807) is 41.3 Å². The van der Waals surface area contributed by atoms with E-state index in [9.17, 15) is 17.6 Å². The zero-order valence-corrected chi connectivity index (χ0v) is 20.9. The predicted octanol–water partition coefficient (Wildman–Crippen LogP) is 4.21. The SMILES string of the molecule is Cc1ccc(S(=O)(=O)N2CCN(C(=O)Cc3cn(Cc4ccc(F)cc4)c4ccccc34)CC2)cc1. The fraction of sp³-hybridized carbons (Fsp3) is 0.250. The summed E-state index contributed by atoms with van der Waals surface area (Å²) in [4.78, 5) is 15.2. The van der Waals surface area contributed by atoms with Crippen molar-refractivity contribution >= 4 is 26.8 Å². The quantitative estimate of drug-likeness (QED) is 0.394. The fourth-order valence-corrected chi connectivity index (χ4v) is 6.12. The summed E-state index contributed by atoms with van der Waals surface area (Å²) >= 11 is 0. The molecule has 0 spiro atoms. The number of amides is 1. The summed E-state index contributed by atoms with van der Waals surface area (Å²) in [5.74, 6) is -0.291. The van der Waals surface area contributed by atoms with Crippen molar-refractivity contribution in [1.82, 2.24) is 13.8 Å². The van der Waals surface area contributed by atoms with Crippen molar-refractivity contribution < 1.29 is 17.6 Å². The molecule has 1 aliphatic rings. The number of carbonyl (C=O) groups is 1. The average Bonchev–Trinajstić information content (AvgIpc) is 3.22. The normalized spacial score (nSPS) is 14.9. The Morgan fingerprint density at radius 3 is 2.25 bits per heavy atom. The van der Waals surface area contributed by atoms with E-state index in [0.29, 0.717) is 19.6 Å². The minimum absolute atomic E-state index is 0.0212. The number of hydrogen-bond donors (Lipinski definition) is 0. The zero-order chi connectivity index (χ0) is 25.3. The Bertz CT molecular complexity index is 1490. The predicted molar refractivity (Wildman–Crippen MR) is 138 cm³/mol. The van der Waals surface area contributed by atoms with Gasteiger partial charge in [-0.1, -0.05) is 48.0 Å². The molecule has 3 aromatic carbocycles. The summed E-state index contributed by atoms with van der Waals surface area (Å²) in [5.41, 5.74) is 3.91. The first kappa shape index (κ1) is 24.2. The molecule has 1 saturated heterocycles. The van der Waals surface area contributed by atoms with Crippen LogP contribution in [0.15, 0.2) is 83.9 Å². The van der Waals surface area contributed by atoms with Crippen molar-refractivity contribution in [2.24, 2.45) is 0 Å². The lowest BCUT2D eigenvalue weighted by molar-refractivity contribution is -0.131. The van der Waals surface area contributed by atoms with Gasteiger partial charge in [-0.3, -0.25) is 4.79 Å². The maximum atomic E-state index is 13.3. The summed E-state index contributed by atoms with van der Waals surface area (Å²) in [6.07, 6.45) is 2.23. The van der Waals surface area contributed by atoms with E-state index < -0.39 is 10.0 Å². The monoisotopic (exact) mass is 505 g/mol. The molecule has 8 heteroatoms. The topological polar surface area (TPSA) is 62.6 Å². The van der Waals surface area contributed by atoms with Crippen LogP contribution in [0.25, 0.3) is 10.9 Å². The molecule has 0 radical (unpaired) electrons. The highest BCUT2D eigenvalue weighted by atomic mass is 32.2. The molecule has 1 aromatic heterocycles. The maximum Gasteiger partial charge on any atom is 0.243 e. The minimum Gasteiger partial charge on any atom is -0.343 e. The largest absolute Gasteiger partial charge is 0.343 e. The van der Waals surface area contributed by atoms with Crippen LogP contribution in [-0.4, -0.2) is 54.3 Å². The van der Waals surface area contributed by atoms with E-state index in [0.717, 1.165) is 27.6 Å². The van der Waals surface area contributed by atoms with Gasteiger partial charge in [0.1, 0.15) is 5.82 Å². The van der Waals surface area contributed by atoms with Gasteiger partial charge in [0.15, 0.2) is 0 Å². The summed E-state index contributed by atoms with van der Waals surface area (Å²) in [6.45, 7) is 3.75. The van der Waals surface area contributed by atoms with Crippen LogP contribution in [0.3, 0.4) is 0 Å².